The van der Waals surface area contributed by atoms with Crippen molar-refractivity contribution >= 4 is 17.5 Å². The summed E-state index contributed by atoms with van der Waals surface area (Å²) in [6.45, 7) is 1.85. The number of carbonyl (C=O) groups is 1. The summed E-state index contributed by atoms with van der Waals surface area (Å²) in [6.07, 6.45) is 4.60. The van der Waals surface area contributed by atoms with Gasteiger partial charge in [-0.3, -0.25) is 9.78 Å². The molecule has 0 saturated carbocycles. The van der Waals surface area contributed by atoms with Crippen LogP contribution in [0.1, 0.15) is 41.7 Å². The minimum Gasteiger partial charge on any atom is -0.393 e. The van der Waals surface area contributed by atoms with Crippen LogP contribution in [0, 0.1) is 6.92 Å². The third kappa shape index (κ3) is 2.23. The molecule has 2 atom stereocenters. The third-order valence-corrected chi connectivity index (χ3v) is 4.48. The van der Waals surface area contributed by atoms with Gasteiger partial charge in [0.1, 0.15) is 0 Å². The van der Waals surface area contributed by atoms with Crippen LogP contribution in [-0.4, -0.2) is 39.1 Å². The van der Waals surface area contributed by atoms with Crippen LogP contribution in [0.25, 0.3) is 0 Å². The van der Waals surface area contributed by atoms with Gasteiger partial charge in [-0.05, 0) is 38.7 Å². The molecular weight excluding hydrogens is 264 g/mol. The topological polar surface area (TPSA) is 53.4 Å². The molecule has 2 bridgehead atoms. The molecule has 3 rings (SSSR count). The lowest BCUT2D eigenvalue weighted by Crippen LogP contribution is -2.48. The number of fused-ring (bicyclic) bond motifs is 2. The predicted octanol–water partition coefficient (Wildman–Crippen LogP) is 2.17. The Balaban J connectivity index is 1.88. The second-order valence-corrected chi connectivity index (χ2v) is 5.94. The van der Waals surface area contributed by atoms with Crippen molar-refractivity contribution in [2.75, 3.05) is 0 Å². The first-order valence-corrected chi connectivity index (χ1v) is 7.07. The van der Waals surface area contributed by atoms with Crippen molar-refractivity contribution in [1.29, 1.82) is 0 Å². The number of carbonyl (C=O) groups excluding carboxylic acids is 1. The van der Waals surface area contributed by atoms with E-state index in [9.17, 15) is 9.90 Å². The average molecular weight is 281 g/mol. The highest BCUT2D eigenvalue weighted by Crippen LogP contribution is 2.37. The number of hydrogen-bond acceptors (Lipinski definition) is 3. The Morgan fingerprint density at radius 3 is 2.63 bits per heavy atom. The van der Waals surface area contributed by atoms with E-state index in [4.69, 9.17) is 11.6 Å². The minimum absolute atomic E-state index is 0.0445. The maximum atomic E-state index is 12.6. The molecule has 2 fully saturated rings. The molecule has 2 aliphatic heterocycles. The van der Waals surface area contributed by atoms with E-state index in [2.05, 4.69) is 4.98 Å². The standard InChI is InChI=1S/C14H17ClN2O2/c1-8-4-13(15)12(7-16-8)14(19)17-9-2-3-10(17)6-11(18)5-9/h4,7,9-11,18H,2-3,5-6H2,1H3. The summed E-state index contributed by atoms with van der Waals surface area (Å²) in [5.74, 6) is -0.0445. The summed E-state index contributed by atoms with van der Waals surface area (Å²) in [5.41, 5.74) is 1.28. The monoisotopic (exact) mass is 280 g/mol. The number of aliphatic hydroxyl groups is 1. The van der Waals surface area contributed by atoms with Crippen LogP contribution in [0.2, 0.25) is 5.02 Å². The van der Waals surface area contributed by atoms with Gasteiger partial charge >= 0.3 is 0 Å². The average Bonchev–Trinajstić information content (AvgIpc) is 2.61. The molecule has 1 amide bonds. The molecule has 102 valence electrons. The smallest absolute Gasteiger partial charge is 0.257 e. The SMILES string of the molecule is Cc1cc(Cl)c(C(=O)N2C3CCC2CC(O)C3)cn1. The number of nitrogens with zero attached hydrogens (tertiary/aromatic N) is 2. The van der Waals surface area contributed by atoms with Gasteiger partial charge in [0.25, 0.3) is 5.91 Å². The normalized spacial score (nSPS) is 29.6. The molecule has 2 unspecified atom stereocenters. The van der Waals surface area contributed by atoms with Crippen LogP contribution in [-0.2, 0) is 0 Å². The van der Waals surface area contributed by atoms with Crippen molar-refractivity contribution in [3.63, 3.8) is 0 Å². The van der Waals surface area contributed by atoms with Crippen LogP contribution in [0.4, 0.5) is 0 Å². The summed E-state index contributed by atoms with van der Waals surface area (Å²) in [7, 11) is 0. The van der Waals surface area contributed by atoms with Crippen molar-refractivity contribution in [3.8, 4) is 0 Å². The van der Waals surface area contributed by atoms with Gasteiger partial charge in [0, 0.05) is 24.0 Å². The molecule has 0 radical (unpaired) electrons. The molecular formula is C14H17ClN2O2. The zero-order valence-electron chi connectivity index (χ0n) is 10.8. The lowest BCUT2D eigenvalue weighted by atomic mass is 9.99. The zero-order chi connectivity index (χ0) is 13.6. The molecule has 0 spiro atoms. The molecule has 0 aliphatic carbocycles. The molecule has 1 aromatic heterocycles. The largest absolute Gasteiger partial charge is 0.393 e. The number of pyridine rings is 1. The van der Waals surface area contributed by atoms with Crippen LogP contribution < -0.4 is 0 Å². The number of amides is 1. The second kappa shape index (κ2) is 4.76. The highest BCUT2D eigenvalue weighted by atomic mass is 35.5. The Bertz CT molecular complexity index is 506. The first kappa shape index (κ1) is 12.9. The number of aromatic nitrogens is 1. The fourth-order valence-corrected chi connectivity index (χ4v) is 3.59. The van der Waals surface area contributed by atoms with E-state index in [0.29, 0.717) is 23.4 Å². The molecule has 1 aromatic rings. The van der Waals surface area contributed by atoms with E-state index >= 15 is 0 Å². The zero-order valence-corrected chi connectivity index (χ0v) is 11.6. The van der Waals surface area contributed by atoms with Gasteiger partial charge < -0.3 is 10.0 Å². The summed E-state index contributed by atoms with van der Waals surface area (Å²) >= 11 is 6.15. The van der Waals surface area contributed by atoms with Gasteiger partial charge in [-0.25, -0.2) is 0 Å². The van der Waals surface area contributed by atoms with Crippen molar-refractivity contribution in [1.82, 2.24) is 9.88 Å². The Hall–Kier alpha value is -1.13. The van der Waals surface area contributed by atoms with Crippen LogP contribution in [0.5, 0.6) is 0 Å². The van der Waals surface area contributed by atoms with Crippen molar-refractivity contribution in [3.05, 3.63) is 28.5 Å². The van der Waals surface area contributed by atoms with Crippen LogP contribution in [0.3, 0.4) is 0 Å². The summed E-state index contributed by atoms with van der Waals surface area (Å²) in [6, 6.07) is 2.02. The Morgan fingerprint density at radius 1 is 1.42 bits per heavy atom. The summed E-state index contributed by atoms with van der Waals surface area (Å²) in [5, 5.41) is 10.2. The van der Waals surface area contributed by atoms with Crippen molar-refractivity contribution < 1.29 is 9.90 Å². The van der Waals surface area contributed by atoms with Gasteiger partial charge in [-0.1, -0.05) is 11.6 Å². The molecule has 4 nitrogen and oxygen atoms in total. The van der Waals surface area contributed by atoms with Crippen LogP contribution >= 0.6 is 11.6 Å². The molecule has 1 N–H and O–H groups in total. The van der Waals surface area contributed by atoms with E-state index < -0.39 is 0 Å². The maximum Gasteiger partial charge on any atom is 0.257 e. The van der Waals surface area contributed by atoms with E-state index in [1.54, 1.807) is 12.3 Å². The fourth-order valence-electron chi connectivity index (χ4n) is 3.30. The Labute approximate surface area is 117 Å². The molecule has 3 heterocycles. The number of rotatable bonds is 1. The Morgan fingerprint density at radius 2 is 2.05 bits per heavy atom. The first-order valence-electron chi connectivity index (χ1n) is 6.69. The van der Waals surface area contributed by atoms with E-state index in [0.717, 1.165) is 18.5 Å². The first-order chi connectivity index (χ1) is 9.06. The highest BCUT2D eigenvalue weighted by Gasteiger charge is 2.43. The maximum absolute atomic E-state index is 12.6. The van der Waals surface area contributed by atoms with E-state index in [1.807, 2.05) is 11.8 Å². The van der Waals surface area contributed by atoms with Gasteiger partial charge in [-0.15, -0.1) is 0 Å². The fraction of sp³-hybridized carbons (Fsp3) is 0.571. The highest BCUT2D eigenvalue weighted by molar-refractivity contribution is 6.33. The molecule has 0 aromatic carbocycles. The van der Waals surface area contributed by atoms with Gasteiger partial charge in [-0.2, -0.15) is 0 Å². The van der Waals surface area contributed by atoms with Crippen molar-refractivity contribution in [2.24, 2.45) is 0 Å². The minimum atomic E-state index is -0.270. The molecule has 2 saturated heterocycles. The van der Waals surface area contributed by atoms with Gasteiger partial charge in [0.05, 0.1) is 16.7 Å². The van der Waals surface area contributed by atoms with Gasteiger partial charge in [0.2, 0.25) is 0 Å². The number of halogens is 1. The number of aryl methyl sites for hydroxylation is 1. The Kier molecular flexibility index (Phi) is 3.23. The number of aliphatic hydroxyl groups excluding tert-OH is 1. The molecule has 19 heavy (non-hydrogen) atoms. The van der Waals surface area contributed by atoms with E-state index in [-0.39, 0.29) is 24.1 Å². The quantitative estimate of drug-likeness (QED) is 0.858. The number of hydrogen-bond donors (Lipinski definition) is 1. The lowest BCUT2D eigenvalue weighted by molar-refractivity contribution is 0.0287. The van der Waals surface area contributed by atoms with Crippen molar-refractivity contribution in [2.45, 2.75) is 50.8 Å². The summed E-state index contributed by atoms with van der Waals surface area (Å²) < 4.78 is 0. The second-order valence-electron chi connectivity index (χ2n) is 5.53. The van der Waals surface area contributed by atoms with Gasteiger partial charge in [0.15, 0.2) is 0 Å². The van der Waals surface area contributed by atoms with E-state index in [1.165, 1.54) is 0 Å². The number of piperidine rings is 1. The predicted molar refractivity (Wildman–Crippen MR) is 72.2 cm³/mol. The lowest BCUT2D eigenvalue weighted by Gasteiger charge is -2.37. The third-order valence-electron chi connectivity index (χ3n) is 4.16. The molecule has 2 aliphatic rings. The molecule has 5 heteroatoms. The van der Waals surface area contributed by atoms with Crippen LogP contribution in [0.15, 0.2) is 12.3 Å². The summed E-state index contributed by atoms with van der Waals surface area (Å²) in [4.78, 5) is 18.7.